The van der Waals surface area contributed by atoms with Gasteiger partial charge in [-0.05, 0) is 35.7 Å². The summed E-state index contributed by atoms with van der Waals surface area (Å²) in [6, 6.07) is 14.6. The highest BCUT2D eigenvalue weighted by Gasteiger charge is 2.35. The zero-order valence-corrected chi connectivity index (χ0v) is 16.2. The van der Waals surface area contributed by atoms with Crippen LogP contribution in [0.3, 0.4) is 0 Å². The molecule has 0 radical (unpaired) electrons. The largest absolute Gasteiger partial charge is 0.508 e. The second kappa shape index (κ2) is 6.58. The van der Waals surface area contributed by atoms with Crippen LogP contribution in [0.1, 0.15) is 48.3 Å². The number of para-hydroxylation sites is 1. The van der Waals surface area contributed by atoms with E-state index in [0.29, 0.717) is 18.7 Å². The number of hydrogen-bond acceptors (Lipinski definition) is 3. The lowest BCUT2D eigenvalue weighted by Crippen LogP contribution is -2.32. The van der Waals surface area contributed by atoms with Crippen molar-refractivity contribution >= 4 is 10.9 Å². The summed E-state index contributed by atoms with van der Waals surface area (Å²) in [6.07, 6.45) is 2.24. The minimum Gasteiger partial charge on any atom is -0.508 e. The summed E-state index contributed by atoms with van der Waals surface area (Å²) in [5.41, 5.74) is 4.21. The van der Waals surface area contributed by atoms with Crippen molar-refractivity contribution in [2.75, 3.05) is 0 Å². The summed E-state index contributed by atoms with van der Waals surface area (Å²) < 4.78 is 3.15. The van der Waals surface area contributed by atoms with Gasteiger partial charge in [0.15, 0.2) is 0 Å². The van der Waals surface area contributed by atoms with Gasteiger partial charge < -0.3 is 15.2 Å². The number of aromatic hydroxyl groups is 2. The number of hydrogen-bond donors (Lipinski definition) is 3. The van der Waals surface area contributed by atoms with Gasteiger partial charge in [0.25, 0.3) is 0 Å². The highest BCUT2D eigenvalue weighted by Crippen LogP contribution is 2.41. The Hall–Kier alpha value is -3.41. The third-order valence-electron chi connectivity index (χ3n) is 5.89. The van der Waals surface area contributed by atoms with Gasteiger partial charge in [0.05, 0.1) is 5.69 Å². The Labute approximate surface area is 167 Å². The summed E-state index contributed by atoms with van der Waals surface area (Å²) >= 11 is 0. The average molecular weight is 389 g/mol. The highest BCUT2D eigenvalue weighted by atomic mass is 16.3. The van der Waals surface area contributed by atoms with Crippen molar-refractivity contribution in [2.45, 2.75) is 38.8 Å². The van der Waals surface area contributed by atoms with Gasteiger partial charge in [-0.2, -0.15) is 0 Å². The first-order chi connectivity index (χ1) is 14.1. The first-order valence-corrected chi connectivity index (χ1v) is 10.0. The predicted molar refractivity (Wildman–Crippen MR) is 112 cm³/mol. The van der Waals surface area contributed by atoms with E-state index in [1.54, 1.807) is 22.8 Å². The van der Waals surface area contributed by atoms with Gasteiger partial charge in [-0.1, -0.05) is 43.7 Å². The van der Waals surface area contributed by atoms with Gasteiger partial charge in [-0.25, -0.2) is 4.79 Å². The molecule has 2 aromatic heterocycles. The van der Waals surface area contributed by atoms with Crippen LogP contribution in [0.15, 0.2) is 53.3 Å². The quantitative estimate of drug-likeness (QED) is 0.436. The van der Waals surface area contributed by atoms with E-state index in [1.165, 1.54) is 4.57 Å². The summed E-state index contributed by atoms with van der Waals surface area (Å²) in [5.74, 6) is 0.194. The summed E-state index contributed by atoms with van der Waals surface area (Å²) in [5, 5.41) is 22.1. The Morgan fingerprint density at radius 3 is 2.76 bits per heavy atom. The third-order valence-corrected chi connectivity index (χ3v) is 5.89. The van der Waals surface area contributed by atoms with E-state index < -0.39 is 6.04 Å². The predicted octanol–water partition coefficient (Wildman–Crippen LogP) is 3.88. The molecule has 0 saturated heterocycles. The van der Waals surface area contributed by atoms with E-state index >= 15 is 0 Å². The molecule has 0 bridgehead atoms. The molecule has 3 N–H and O–H groups in total. The number of phenols is 1. The first kappa shape index (κ1) is 17.7. The first-order valence-electron chi connectivity index (χ1n) is 10.0. The maximum absolute atomic E-state index is 13.3. The number of rotatable bonds is 4. The molecule has 0 saturated carbocycles. The van der Waals surface area contributed by atoms with Crippen molar-refractivity contribution in [1.29, 1.82) is 0 Å². The van der Waals surface area contributed by atoms with Gasteiger partial charge in [0.2, 0.25) is 5.88 Å². The molecule has 3 heterocycles. The van der Waals surface area contributed by atoms with Crippen LogP contribution in [0.5, 0.6) is 11.6 Å². The molecule has 0 spiro atoms. The molecule has 1 aliphatic rings. The van der Waals surface area contributed by atoms with Gasteiger partial charge >= 0.3 is 5.69 Å². The second-order valence-electron chi connectivity index (χ2n) is 7.67. The Morgan fingerprint density at radius 2 is 1.97 bits per heavy atom. The van der Waals surface area contributed by atoms with Crippen molar-refractivity contribution in [1.82, 2.24) is 14.1 Å². The normalized spacial score (nSPS) is 15.4. The molecule has 6 heteroatoms. The fraction of sp³-hybridized carbons (Fsp3) is 0.261. The number of nitrogens with zero attached hydrogens (tertiary/aromatic N) is 2. The van der Waals surface area contributed by atoms with Crippen LogP contribution in [-0.2, 0) is 13.0 Å². The molecule has 4 aromatic rings. The number of aromatic amines is 1. The molecule has 0 fully saturated rings. The molecular weight excluding hydrogens is 366 g/mol. The van der Waals surface area contributed by atoms with Gasteiger partial charge in [-0.15, -0.1) is 0 Å². The molecule has 29 heavy (non-hydrogen) atoms. The summed E-state index contributed by atoms with van der Waals surface area (Å²) in [4.78, 5) is 16.8. The maximum Gasteiger partial charge on any atom is 0.332 e. The Kier molecular flexibility index (Phi) is 4.01. The molecule has 1 aliphatic heterocycles. The topological polar surface area (TPSA) is 83.2 Å². The van der Waals surface area contributed by atoms with E-state index in [9.17, 15) is 15.0 Å². The molecule has 0 aliphatic carbocycles. The minimum atomic E-state index is -0.436. The lowest BCUT2D eigenvalue weighted by Gasteiger charge is -2.26. The van der Waals surface area contributed by atoms with E-state index in [0.717, 1.165) is 40.6 Å². The fourth-order valence-corrected chi connectivity index (χ4v) is 4.50. The van der Waals surface area contributed by atoms with E-state index in [1.807, 2.05) is 24.3 Å². The van der Waals surface area contributed by atoms with Crippen LogP contribution < -0.4 is 5.69 Å². The molecule has 1 atom stereocenters. The van der Waals surface area contributed by atoms with E-state index in [-0.39, 0.29) is 17.3 Å². The van der Waals surface area contributed by atoms with E-state index in [4.69, 9.17) is 0 Å². The lowest BCUT2D eigenvalue weighted by atomic mass is 9.93. The van der Waals surface area contributed by atoms with E-state index in [2.05, 4.69) is 18.0 Å². The number of phenolic OH excluding ortho intramolecular Hbond substituents is 1. The molecule has 0 amide bonds. The number of nitrogens with one attached hydrogen (secondary N) is 1. The van der Waals surface area contributed by atoms with Crippen molar-refractivity contribution in [3.05, 3.63) is 81.5 Å². The number of benzene rings is 2. The van der Waals surface area contributed by atoms with Crippen LogP contribution in [0.4, 0.5) is 0 Å². The van der Waals surface area contributed by atoms with Gasteiger partial charge in [0, 0.05) is 29.6 Å². The summed E-state index contributed by atoms with van der Waals surface area (Å²) in [7, 11) is 0. The van der Waals surface area contributed by atoms with Gasteiger partial charge in [0.1, 0.15) is 11.8 Å². The smallest absolute Gasteiger partial charge is 0.332 e. The SMILES string of the molecule is CCCCn1c(O)c2n(c1=O)C(c1cccc(O)c1)c1[nH]c3ccccc3c1C2. The average Bonchev–Trinajstić information content (AvgIpc) is 3.20. The molecule has 5 rings (SSSR count). The maximum atomic E-state index is 13.3. The number of fused-ring (bicyclic) bond motifs is 4. The second-order valence-corrected chi connectivity index (χ2v) is 7.67. The zero-order valence-electron chi connectivity index (χ0n) is 16.2. The standard InChI is InChI=1S/C23H23N3O3/c1-2-3-11-25-22(28)19-13-17-16-9-4-5-10-18(16)24-20(17)21(26(19)23(25)29)14-7-6-8-15(27)12-14/h4-10,12,21,24,27-28H,2-3,11,13H2,1H3. The van der Waals surface area contributed by atoms with Crippen molar-refractivity contribution in [3.63, 3.8) is 0 Å². The molecule has 6 nitrogen and oxygen atoms in total. The molecule has 1 unspecified atom stereocenters. The molecular formula is C23H23N3O3. The fourth-order valence-electron chi connectivity index (χ4n) is 4.50. The summed E-state index contributed by atoms with van der Waals surface area (Å²) in [6.45, 7) is 2.55. The number of H-pyrrole nitrogens is 1. The van der Waals surface area contributed by atoms with Crippen LogP contribution in [-0.4, -0.2) is 24.3 Å². The van der Waals surface area contributed by atoms with Gasteiger partial charge in [-0.3, -0.25) is 9.13 Å². The number of aromatic nitrogens is 3. The molecule has 148 valence electrons. The Balaban J connectivity index is 1.80. The van der Waals surface area contributed by atoms with Crippen LogP contribution in [0, 0.1) is 0 Å². The lowest BCUT2D eigenvalue weighted by molar-refractivity contribution is 0.404. The highest BCUT2D eigenvalue weighted by molar-refractivity contribution is 5.86. The van der Waals surface area contributed by atoms with Crippen LogP contribution in [0.25, 0.3) is 10.9 Å². The number of unbranched alkanes of at least 4 members (excludes halogenated alkanes) is 1. The minimum absolute atomic E-state index is 0.0459. The monoisotopic (exact) mass is 389 g/mol. The zero-order chi connectivity index (χ0) is 20.1. The van der Waals surface area contributed by atoms with Crippen molar-refractivity contribution < 1.29 is 10.2 Å². The Morgan fingerprint density at radius 1 is 1.14 bits per heavy atom. The number of imidazole rings is 1. The molecule has 2 aromatic carbocycles. The third kappa shape index (κ3) is 2.59. The van der Waals surface area contributed by atoms with Crippen LogP contribution >= 0.6 is 0 Å². The van der Waals surface area contributed by atoms with Crippen molar-refractivity contribution in [2.24, 2.45) is 0 Å². The van der Waals surface area contributed by atoms with Crippen molar-refractivity contribution in [3.8, 4) is 11.6 Å². The Bertz CT molecular complexity index is 1280. The van der Waals surface area contributed by atoms with Crippen LogP contribution in [0.2, 0.25) is 0 Å².